The van der Waals surface area contributed by atoms with Gasteiger partial charge in [0.05, 0.1) is 5.41 Å². The van der Waals surface area contributed by atoms with E-state index in [0.29, 0.717) is 6.61 Å². The van der Waals surface area contributed by atoms with E-state index >= 15 is 0 Å². The summed E-state index contributed by atoms with van der Waals surface area (Å²) < 4.78 is 5.51. The van der Waals surface area contributed by atoms with Gasteiger partial charge in [0.15, 0.2) is 0 Å². The van der Waals surface area contributed by atoms with Crippen LogP contribution in [0.5, 0.6) is 0 Å². The second kappa shape index (κ2) is 9.54. The molecular weight excluding hydrogens is 274 g/mol. The fraction of sp³-hybridized carbons (Fsp3) is 0.947. The molecule has 0 aromatic rings. The molecule has 0 amide bonds. The first-order valence-electron chi connectivity index (χ1n) is 8.53. The zero-order valence-electron chi connectivity index (χ0n) is 17.1. The maximum Gasteiger partial charge on any atom is 0.312 e. The molecular formula is C19H41NO2. The number of likely N-dealkylation sites (N-methyl/N-ethyl adjacent to an activating group) is 1. The van der Waals surface area contributed by atoms with Gasteiger partial charge in [-0.2, -0.15) is 0 Å². The molecule has 0 spiro atoms. The van der Waals surface area contributed by atoms with E-state index in [1.54, 1.807) is 0 Å². The van der Waals surface area contributed by atoms with Gasteiger partial charge < -0.3 is 9.64 Å². The highest BCUT2D eigenvalue weighted by molar-refractivity contribution is 5.77. The SMILES string of the molecule is CCC.CN(C)CCOC(=O)C(C)(CC(C)(C)C)C(C)(C)C. The molecule has 0 aromatic carbocycles. The van der Waals surface area contributed by atoms with Crippen LogP contribution >= 0.6 is 0 Å². The summed E-state index contributed by atoms with van der Waals surface area (Å²) in [5, 5.41) is 0. The van der Waals surface area contributed by atoms with Crippen LogP contribution in [0.15, 0.2) is 0 Å². The summed E-state index contributed by atoms with van der Waals surface area (Å²) in [7, 11) is 3.96. The van der Waals surface area contributed by atoms with Gasteiger partial charge in [-0.25, -0.2) is 0 Å². The van der Waals surface area contributed by atoms with Crippen LogP contribution in [0.4, 0.5) is 0 Å². The van der Waals surface area contributed by atoms with E-state index < -0.39 is 5.41 Å². The molecule has 0 heterocycles. The first-order valence-corrected chi connectivity index (χ1v) is 8.53. The van der Waals surface area contributed by atoms with Crippen molar-refractivity contribution in [2.75, 3.05) is 27.2 Å². The Balaban J connectivity index is 0. The Morgan fingerprint density at radius 1 is 0.955 bits per heavy atom. The van der Waals surface area contributed by atoms with Gasteiger partial charge in [0.2, 0.25) is 0 Å². The summed E-state index contributed by atoms with van der Waals surface area (Å²) in [6, 6.07) is 0. The van der Waals surface area contributed by atoms with Crippen molar-refractivity contribution in [3.8, 4) is 0 Å². The van der Waals surface area contributed by atoms with Crippen LogP contribution in [-0.2, 0) is 9.53 Å². The Hall–Kier alpha value is -0.570. The van der Waals surface area contributed by atoms with Crippen molar-refractivity contribution in [3.63, 3.8) is 0 Å². The first kappa shape index (κ1) is 23.7. The van der Waals surface area contributed by atoms with Crippen LogP contribution in [0.3, 0.4) is 0 Å². The van der Waals surface area contributed by atoms with Crippen molar-refractivity contribution in [1.82, 2.24) is 4.90 Å². The number of carbonyl (C=O) groups is 1. The molecule has 0 fully saturated rings. The van der Waals surface area contributed by atoms with Crippen LogP contribution in [0.25, 0.3) is 0 Å². The molecule has 0 N–H and O–H groups in total. The third kappa shape index (κ3) is 9.45. The molecule has 0 aliphatic carbocycles. The largest absolute Gasteiger partial charge is 0.464 e. The highest BCUT2D eigenvalue weighted by Gasteiger charge is 2.47. The average Bonchev–Trinajstić information content (AvgIpc) is 2.25. The number of esters is 1. The number of nitrogens with zero attached hydrogens (tertiary/aromatic N) is 1. The number of carbonyl (C=O) groups excluding carboxylic acids is 1. The standard InChI is InChI=1S/C16H33NO2.C3H8/c1-14(2,3)12-16(7,15(4,5)6)13(18)19-11-10-17(8)9;1-3-2/h10-12H2,1-9H3;3H2,1-2H3. The molecule has 134 valence electrons. The Morgan fingerprint density at radius 2 is 1.36 bits per heavy atom. The van der Waals surface area contributed by atoms with Crippen molar-refractivity contribution in [3.05, 3.63) is 0 Å². The van der Waals surface area contributed by atoms with Gasteiger partial charge in [-0.1, -0.05) is 61.8 Å². The number of hydrogen-bond donors (Lipinski definition) is 0. The third-order valence-corrected chi connectivity index (χ3v) is 3.76. The summed E-state index contributed by atoms with van der Waals surface area (Å²) in [4.78, 5) is 14.5. The Labute approximate surface area is 139 Å². The quantitative estimate of drug-likeness (QED) is 0.669. The van der Waals surface area contributed by atoms with E-state index in [9.17, 15) is 4.79 Å². The smallest absolute Gasteiger partial charge is 0.312 e. The molecule has 0 aliphatic rings. The van der Waals surface area contributed by atoms with Crippen molar-refractivity contribution in [2.24, 2.45) is 16.2 Å². The van der Waals surface area contributed by atoms with Gasteiger partial charge in [0.1, 0.15) is 6.61 Å². The van der Waals surface area contributed by atoms with E-state index in [-0.39, 0.29) is 16.8 Å². The number of rotatable bonds is 5. The molecule has 1 unspecified atom stereocenters. The average molecular weight is 316 g/mol. The lowest BCUT2D eigenvalue weighted by atomic mass is 9.61. The van der Waals surface area contributed by atoms with E-state index in [0.717, 1.165) is 13.0 Å². The Morgan fingerprint density at radius 3 is 1.64 bits per heavy atom. The number of hydrogen-bond acceptors (Lipinski definition) is 3. The fourth-order valence-electron chi connectivity index (χ4n) is 2.18. The second-order valence-electron chi connectivity index (χ2n) is 8.97. The van der Waals surface area contributed by atoms with Gasteiger partial charge >= 0.3 is 5.97 Å². The predicted molar refractivity (Wildman–Crippen MR) is 97.1 cm³/mol. The molecule has 1 atom stereocenters. The van der Waals surface area contributed by atoms with Gasteiger partial charge in [-0.15, -0.1) is 0 Å². The lowest BCUT2D eigenvalue weighted by molar-refractivity contribution is -0.165. The minimum atomic E-state index is -0.461. The first-order chi connectivity index (χ1) is 9.71. The Bertz CT molecular complexity index is 310. The van der Waals surface area contributed by atoms with Crippen molar-refractivity contribution in [1.29, 1.82) is 0 Å². The van der Waals surface area contributed by atoms with Crippen molar-refractivity contribution >= 4 is 5.97 Å². The topological polar surface area (TPSA) is 29.5 Å². The van der Waals surface area contributed by atoms with E-state index in [1.807, 2.05) is 25.9 Å². The van der Waals surface area contributed by atoms with Gasteiger partial charge in [-0.05, 0) is 38.3 Å². The van der Waals surface area contributed by atoms with Crippen molar-refractivity contribution in [2.45, 2.75) is 75.2 Å². The van der Waals surface area contributed by atoms with Crippen LogP contribution in [0.1, 0.15) is 75.2 Å². The summed E-state index contributed by atoms with van der Waals surface area (Å²) in [6.45, 7) is 20.4. The maximum atomic E-state index is 12.5. The number of ether oxygens (including phenoxy) is 1. The molecule has 3 nitrogen and oxygen atoms in total. The molecule has 22 heavy (non-hydrogen) atoms. The molecule has 0 aromatic heterocycles. The summed E-state index contributed by atoms with van der Waals surface area (Å²) in [5.74, 6) is -0.0724. The molecule has 0 bridgehead atoms. The zero-order chi connectivity index (χ0) is 18.2. The third-order valence-electron chi connectivity index (χ3n) is 3.76. The lowest BCUT2D eigenvalue weighted by Crippen LogP contribution is -2.44. The highest BCUT2D eigenvalue weighted by atomic mass is 16.5. The molecule has 3 heteroatoms. The summed E-state index contributed by atoms with van der Waals surface area (Å²) >= 11 is 0. The van der Waals surface area contributed by atoms with E-state index in [2.05, 4.69) is 55.4 Å². The van der Waals surface area contributed by atoms with Crippen molar-refractivity contribution < 1.29 is 9.53 Å². The summed E-state index contributed by atoms with van der Waals surface area (Å²) in [5.41, 5.74) is -0.477. The normalized spacial score (nSPS) is 14.9. The fourth-order valence-corrected chi connectivity index (χ4v) is 2.18. The van der Waals surface area contributed by atoms with E-state index in [1.165, 1.54) is 6.42 Å². The molecule has 0 saturated carbocycles. The molecule has 0 aliphatic heterocycles. The van der Waals surface area contributed by atoms with Gasteiger partial charge in [0, 0.05) is 6.54 Å². The van der Waals surface area contributed by atoms with Crippen LogP contribution < -0.4 is 0 Å². The zero-order valence-corrected chi connectivity index (χ0v) is 17.1. The Kier molecular flexibility index (Phi) is 10.3. The highest BCUT2D eigenvalue weighted by Crippen LogP contribution is 2.47. The maximum absolute atomic E-state index is 12.5. The van der Waals surface area contributed by atoms with Crippen LogP contribution in [-0.4, -0.2) is 38.1 Å². The molecule has 0 saturated heterocycles. The minimum Gasteiger partial charge on any atom is -0.464 e. The molecule has 0 rings (SSSR count). The lowest BCUT2D eigenvalue weighted by Gasteiger charge is -2.43. The van der Waals surface area contributed by atoms with Gasteiger partial charge in [0.25, 0.3) is 0 Å². The second-order valence-corrected chi connectivity index (χ2v) is 8.97. The predicted octanol–water partition coefficient (Wildman–Crippen LogP) is 5.00. The van der Waals surface area contributed by atoms with E-state index in [4.69, 9.17) is 4.74 Å². The molecule has 0 radical (unpaired) electrons. The summed E-state index contributed by atoms with van der Waals surface area (Å²) in [6.07, 6.45) is 2.07. The van der Waals surface area contributed by atoms with Crippen LogP contribution in [0, 0.1) is 16.2 Å². The monoisotopic (exact) mass is 315 g/mol. The van der Waals surface area contributed by atoms with Crippen LogP contribution in [0.2, 0.25) is 0 Å². The van der Waals surface area contributed by atoms with Gasteiger partial charge in [-0.3, -0.25) is 4.79 Å². The minimum absolute atomic E-state index is 0.0724.